The van der Waals surface area contributed by atoms with E-state index in [1.807, 2.05) is 152 Å². The van der Waals surface area contributed by atoms with Crippen LogP contribution in [-0.4, -0.2) is 226 Å². The smallest absolute Gasteiger partial charge is 0.254 e. The number of phenolic OH excluding ortho intramolecular Hbond substituents is 2. The fourth-order valence-electron chi connectivity index (χ4n) is 17.4. The highest BCUT2D eigenvalue weighted by atomic mass is 35.5. The van der Waals surface area contributed by atoms with Gasteiger partial charge in [-0.3, -0.25) is 24.1 Å². The summed E-state index contributed by atoms with van der Waals surface area (Å²) in [5.74, 6) is 1.74. The molecule has 0 saturated carbocycles. The third-order valence-corrected chi connectivity index (χ3v) is 26.0. The number of fused-ring (bicyclic) bond motifs is 6. The number of nitrogens with zero attached hydrogens (tertiary/aromatic N) is 17. The van der Waals surface area contributed by atoms with Gasteiger partial charge in [0.25, 0.3) is 5.91 Å². The van der Waals surface area contributed by atoms with Crippen molar-refractivity contribution in [2.45, 2.75) is 90.8 Å². The Hall–Kier alpha value is -12.1. The summed E-state index contributed by atoms with van der Waals surface area (Å²) in [6, 6.07) is 48.9. The van der Waals surface area contributed by atoms with Crippen molar-refractivity contribution in [3.8, 4) is 62.1 Å². The Labute approximate surface area is 791 Å². The summed E-state index contributed by atoms with van der Waals surface area (Å²) in [6.45, 7) is 16.4. The molecule has 4 aliphatic heterocycles. The van der Waals surface area contributed by atoms with Gasteiger partial charge in [0, 0.05) is 177 Å². The molecule has 4 N–H and O–H groups in total. The van der Waals surface area contributed by atoms with E-state index in [1.165, 1.54) is 37.4 Å². The van der Waals surface area contributed by atoms with E-state index in [0.717, 1.165) is 116 Å². The first kappa shape index (κ1) is 94.6. The Morgan fingerprint density at radius 1 is 0.462 bits per heavy atom. The molecule has 680 valence electrons. The zero-order valence-corrected chi connectivity index (χ0v) is 77.4. The fourth-order valence-corrected chi connectivity index (χ4v) is 18.7. The monoisotopic (exact) mass is 1900 g/mol. The number of hydrogen-bond acceptors (Lipinski definition) is 22. The van der Waals surface area contributed by atoms with Gasteiger partial charge < -0.3 is 54.7 Å². The summed E-state index contributed by atoms with van der Waals surface area (Å²) >= 11 is 38.5. The van der Waals surface area contributed by atoms with Crippen LogP contribution in [0.25, 0.3) is 110 Å². The highest BCUT2D eigenvalue weighted by Gasteiger charge is 2.36. The number of halogens is 8. The van der Waals surface area contributed by atoms with Crippen molar-refractivity contribution in [3.63, 3.8) is 0 Å². The number of anilines is 4. The van der Waals surface area contributed by atoms with Crippen molar-refractivity contribution in [2.75, 3.05) is 124 Å². The number of aromatic hydroxyl groups is 2. The standard InChI is InChI=1S/C27H26ClFN4O2.C26H24ClFN4O2.C24H23Cl2N5O.C22H22Cl2N4O3/c1-2-18(34)7-8-32-9-11-33(12-10-32)27-22-15-23(28)24(25(29)26(22)30-16-31-27)21-14-19(35)13-17-5-3-4-6-20(17)21;1-2-5-22(34)31-8-10-32(11-9-31)26-20-14-21(27)23(24(28)25(20)29-15-30-26)19-13-17(33)12-16-6-3-4-7-18(16)19;1-2-3-4-23(32)31-10-9-30(14-18(31)13-27)24-20-11-19(16-5-7-17(25)8-6-16)21(26)12-22(20)28-15-29-24;1-13-10-27(6-7-28(13)22(31)20(30)11-29)21-17-8-16(14-2-4-15(23)5-3-14)18(24)9-19(17)25-12-26-21/h3-6,13-16,35H,2,7-12H2,1H3;3-4,6-7,12-15,33H,2,5,8-11H2,1H3;5-8,11-12,15,18H,2-4,9-10,14H2,1H3;2-5,8-9,12-13,20,29-30H,6-7,10-11H2,1H3. The second-order valence-corrected chi connectivity index (χ2v) is 35.2. The van der Waals surface area contributed by atoms with Crippen molar-refractivity contribution in [1.29, 1.82) is 5.26 Å². The van der Waals surface area contributed by atoms with Gasteiger partial charge in [-0.25, -0.2) is 48.7 Å². The Morgan fingerprint density at radius 3 is 1.36 bits per heavy atom. The summed E-state index contributed by atoms with van der Waals surface area (Å²) in [6.07, 6.45) is 9.14. The number of benzene rings is 10. The van der Waals surface area contributed by atoms with Crippen LogP contribution in [0.4, 0.5) is 32.1 Å². The zero-order chi connectivity index (χ0) is 93.1. The molecule has 0 radical (unpaired) electrons. The van der Waals surface area contributed by atoms with Crippen LogP contribution < -0.4 is 19.6 Å². The molecule has 10 aromatic carbocycles. The molecule has 0 bridgehead atoms. The van der Waals surface area contributed by atoms with Gasteiger partial charge >= 0.3 is 0 Å². The topological polar surface area (TPSA) is 302 Å². The summed E-state index contributed by atoms with van der Waals surface area (Å²) in [4.78, 5) is 99.7. The number of nitriles is 1. The Balaban J connectivity index is 0.000000135. The quantitative estimate of drug-likeness (QED) is 0.0584. The van der Waals surface area contributed by atoms with Crippen LogP contribution in [0.5, 0.6) is 11.5 Å². The normalized spacial score (nSPS) is 15.7. The van der Waals surface area contributed by atoms with Gasteiger partial charge in [-0.05, 0) is 148 Å². The third-order valence-electron chi connectivity index (χ3n) is 24.3. The average molecular weight is 1900 g/mol. The largest absolute Gasteiger partial charge is 0.508 e. The number of phenols is 2. The molecule has 14 aromatic rings. The average Bonchev–Trinajstić information content (AvgIpc) is 0.754. The minimum atomic E-state index is -1.39. The van der Waals surface area contributed by atoms with Gasteiger partial charge in [-0.2, -0.15) is 5.26 Å². The van der Waals surface area contributed by atoms with E-state index in [9.17, 15) is 39.8 Å². The lowest BCUT2D eigenvalue weighted by Crippen LogP contribution is -2.57. The molecule has 33 heteroatoms. The molecule has 4 saturated heterocycles. The van der Waals surface area contributed by atoms with E-state index in [1.54, 1.807) is 34.1 Å². The number of carbonyl (C=O) groups excluding carboxylic acids is 4. The number of aliphatic hydroxyl groups is 2. The maximum absolute atomic E-state index is 16.0. The number of unbranched alkanes of at least 4 members (excludes halogenated alkanes) is 1. The molecule has 132 heavy (non-hydrogen) atoms. The van der Waals surface area contributed by atoms with Crippen molar-refractivity contribution in [2.24, 2.45) is 0 Å². The van der Waals surface area contributed by atoms with Crippen LogP contribution in [0, 0.1) is 23.0 Å². The molecule has 3 atom stereocenters. The molecule has 4 aromatic heterocycles. The summed E-state index contributed by atoms with van der Waals surface area (Å²) < 4.78 is 31.9. The predicted octanol–water partition coefficient (Wildman–Crippen LogP) is 19.2. The number of aliphatic hydroxyl groups excluding tert-OH is 2. The van der Waals surface area contributed by atoms with Crippen molar-refractivity contribution in [3.05, 3.63) is 225 Å². The van der Waals surface area contributed by atoms with Crippen LogP contribution >= 0.6 is 69.6 Å². The lowest BCUT2D eigenvalue weighted by atomic mass is 9.96. The van der Waals surface area contributed by atoms with E-state index in [4.69, 9.17) is 74.7 Å². The lowest BCUT2D eigenvalue weighted by molar-refractivity contribution is -0.144. The number of aromatic nitrogens is 8. The van der Waals surface area contributed by atoms with E-state index < -0.39 is 36.3 Å². The number of carbonyl (C=O) groups is 4. The minimum absolute atomic E-state index is 0.0307. The summed E-state index contributed by atoms with van der Waals surface area (Å²) in [5.41, 5.74) is 6.84. The molecule has 0 spiro atoms. The third kappa shape index (κ3) is 20.9. The van der Waals surface area contributed by atoms with Gasteiger partial charge in [0.05, 0.1) is 50.3 Å². The number of piperazine rings is 4. The Kier molecular flexibility index (Phi) is 30.6. The van der Waals surface area contributed by atoms with Gasteiger partial charge in [-0.1, -0.05) is 170 Å². The number of amides is 3. The summed E-state index contributed by atoms with van der Waals surface area (Å²) in [7, 11) is 0. The van der Waals surface area contributed by atoms with E-state index in [0.29, 0.717) is 158 Å². The van der Waals surface area contributed by atoms with Crippen LogP contribution in [0.1, 0.15) is 72.6 Å². The molecule has 8 heterocycles. The highest BCUT2D eigenvalue weighted by molar-refractivity contribution is 6.37. The first-order chi connectivity index (χ1) is 63.8. The SMILES string of the molecule is CC1CN(c2ncnc3cc(Cl)c(-c4ccc(Cl)cc4)cc23)CCN1C(=O)C(O)CO.CCC(=O)CCN1CCN(c2ncnc3c(F)c(-c4cc(O)cc5ccccc45)c(Cl)cc23)CC1.CCCC(=O)N1CCN(c2ncnc3c(F)c(-c4cc(O)cc5ccccc45)c(Cl)cc23)CC1.CCCCC(=O)N1CCN(c2ncnc3cc(Cl)c(-c4ccc(Cl)cc4)cc23)CC1C#N. The molecular weight excluding hydrogens is 1810 g/mol. The van der Waals surface area contributed by atoms with Gasteiger partial charge in [0.1, 0.15) is 82.9 Å². The second kappa shape index (κ2) is 42.6. The number of rotatable bonds is 19. The van der Waals surface area contributed by atoms with Crippen LogP contribution in [-0.2, 0) is 19.2 Å². The molecule has 18 rings (SSSR count). The first-order valence-corrected chi connectivity index (χ1v) is 46.0. The maximum Gasteiger partial charge on any atom is 0.254 e. The van der Waals surface area contributed by atoms with Crippen molar-refractivity contribution >= 4 is 182 Å². The van der Waals surface area contributed by atoms with Crippen molar-refractivity contribution < 1.29 is 48.4 Å². The number of Topliss-reactive ketones (excluding diaryl/α,β-unsaturated/α-hetero) is 1. The second-order valence-electron chi connectivity index (χ2n) is 32.7. The zero-order valence-electron chi connectivity index (χ0n) is 72.9. The molecule has 25 nitrogen and oxygen atoms in total. The van der Waals surface area contributed by atoms with E-state index in [2.05, 4.69) is 72.5 Å². The molecule has 4 aliphatic rings. The summed E-state index contributed by atoms with van der Waals surface area (Å²) in [5, 5.41) is 57.9. The molecule has 0 aliphatic carbocycles. The highest BCUT2D eigenvalue weighted by Crippen LogP contribution is 2.46. The minimum Gasteiger partial charge on any atom is -0.508 e. The lowest BCUT2D eigenvalue weighted by Gasteiger charge is -2.41. The van der Waals surface area contributed by atoms with Crippen LogP contribution in [0.2, 0.25) is 30.1 Å². The predicted molar refractivity (Wildman–Crippen MR) is 520 cm³/mol. The van der Waals surface area contributed by atoms with E-state index >= 15 is 8.78 Å². The molecule has 3 amide bonds. The Morgan fingerprint density at radius 2 is 0.909 bits per heavy atom. The van der Waals surface area contributed by atoms with Gasteiger partial charge in [-0.15, -0.1) is 0 Å². The van der Waals surface area contributed by atoms with Crippen LogP contribution in [0.3, 0.4) is 0 Å². The van der Waals surface area contributed by atoms with Gasteiger partial charge in [0.15, 0.2) is 17.7 Å². The fraction of sp³-hybridized carbons (Fsp3) is 0.303. The molecular formula is C99H95Cl6F2N17O8. The van der Waals surface area contributed by atoms with Crippen LogP contribution in [0.15, 0.2) is 183 Å². The Bertz CT molecular complexity index is 6700. The van der Waals surface area contributed by atoms with E-state index in [-0.39, 0.29) is 67.3 Å². The van der Waals surface area contributed by atoms with Gasteiger partial charge in [0.2, 0.25) is 11.8 Å². The number of ketones is 1. The maximum atomic E-state index is 16.0. The van der Waals surface area contributed by atoms with Crippen molar-refractivity contribution in [1.82, 2.24) is 59.5 Å². The molecule has 4 fully saturated rings. The molecule has 3 unspecified atom stereocenters. The first-order valence-electron chi connectivity index (χ1n) is 43.7. The number of hydrogen-bond donors (Lipinski definition) is 4.